The van der Waals surface area contributed by atoms with Crippen LogP contribution >= 0.6 is 0 Å². The molecule has 0 fully saturated rings. The number of carbonyl (C=O) groups excluding carboxylic acids is 2. The molecule has 0 saturated heterocycles. The van der Waals surface area contributed by atoms with Crippen molar-refractivity contribution in [3.8, 4) is 0 Å². The number of methoxy groups -OCH3 is 1. The van der Waals surface area contributed by atoms with Crippen LogP contribution in [0.2, 0.25) is 0 Å². The third-order valence-corrected chi connectivity index (χ3v) is 2.53. The number of amides is 1. The molecule has 1 aromatic rings. The van der Waals surface area contributed by atoms with Gasteiger partial charge in [-0.15, -0.1) is 0 Å². The summed E-state index contributed by atoms with van der Waals surface area (Å²) in [6.45, 7) is 2.52. The van der Waals surface area contributed by atoms with Gasteiger partial charge in [0.05, 0.1) is 7.11 Å². The predicted molar refractivity (Wildman–Crippen MR) is 64.5 cm³/mol. The second-order valence-electron chi connectivity index (χ2n) is 3.96. The first kappa shape index (κ1) is 13.2. The molecule has 0 aliphatic rings. The first-order chi connectivity index (χ1) is 8.04. The van der Waals surface area contributed by atoms with Gasteiger partial charge >= 0.3 is 11.9 Å². The number of ether oxygens (including phenoxy) is 1. The van der Waals surface area contributed by atoms with Gasteiger partial charge in [0.2, 0.25) is 0 Å². The van der Waals surface area contributed by atoms with Crippen molar-refractivity contribution in [3.63, 3.8) is 0 Å². The zero-order chi connectivity index (χ0) is 12.8. The summed E-state index contributed by atoms with van der Waals surface area (Å²) in [4.78, 5) is 23.8. The molecule has 4 heteroatoms. The number of carbonyl (C=O) groups is 2. The van der Waals surface area contributed by atoms with Crippen molar-refractivity contribution in [1.29, 1.82) is 0 Å². The highest BCUT2D eigenvalue weighted by Crippen LogP contribution is 2.05. The Labute approximate surface area is 101 Å². The molecular weight excluding hydrogens is 218 g/mol. The molecule has 0 unspecified atom stereocenters. The average Bonchev–Trinajstić information content (AvgIpc) is 2.34. The van der Waals surface area contributed by atoms with E-state index in [1.165, 1.54) is 17.6 Å². The molecule has 17 heavy (non-hydrogen) atoms. The Kier molecular flexibility index (Phi) is 4.69. The summed E-state index contributed by atoms with van der Waals surface area (Å²) in [5.41, 5.74) is 2.33. The molecule has 0 aliphatic carbocycles. The Morgan fingerprint density at radius 1 is 1.35 bits per heavy atom. The van der Waals surface area contributed by atoms with Gasteiger partial charge in [-0.2, -0.15) is 0 Å². The first-order valence-corrected chi connectivity index (χ1v) is 5.43. The zero-order valence-electron chi connectivity index (χ0n) is 10.4. The molecule has 0 N–H and O–H groups in total. The summed E-state index contributed by atoms with van der Waals surface area (Å²) in [7, 11) is 2.80. The van der Waals surface area contributed by atoms with Crippen LogP contribution in [0, 0.1) is 6.92 Å². The highest BCUT2D eigenvalue weighted by molar-refractivity contribution is 6.32. The van der Waals surface area contributed by atoms with Gasteiger partial charge in [0, 0.05) is 13.6 Å². The van der Waals surface area contributed by atoms with E-state index in [4.69, 9.17) is 0 Å². The van der Waals surface area contributed by atoms with Crippen molar-refractivity contribution < 1.29 is 14.3 Å². The fourth-order valence-electron chi connectivity index (χ4n) is 1.51. The summed E-state index contributed by atoms with van der Waals surface area (Å²) in [5, 5.41) is 0. The lowest BCUT2D eigenvalue weighted by atomic mass is 10.1. The zero-order valence-corrected chi connectivity index (χ0v) is 10.4. The van der Waals surface area contributed by atoms with Gasteiger partial charge in [-0.05, 0) is 18.9 Å². The Hall–Kier alpha value is -1.84. The minimum atomic E-state index is -0.822. The van der Waals surface area contributed by atoms with E-state index in [0.717, 1.165) is 12.0 Å². The summed E-state index contributed by atoms with van der Waals surface area (Å²) in [5.74, 6) is -1.43. The minimum Gasteiger partial charge on any atom is -0.462 e. The van der Waals surface area contributed by atoms with Crippen LogP contribution in [0.4, 0.5) is 0 Å². The Morgan fingerprint density at radius 2 is 2.06 bits per heavy atom. The van der Waals surface area contributed by atoms with Crippen molar-refractivity contribution in [2.24, 2.45) is 0 Å². The smallest absolute Gasteiger partial charge is 0.396 e. The second-order valence-corrected chi connectivity index (χ2v) is 3.96. The number of aryl methyl sites for hydroxylation is 1. The largest absolute Gasteiger partial charge is 0.462 e. The van der Waals surface area contributed by atoms with Crippen LogP contribution in [0.5, 0.6) is 0 Å². The van der Waals surface area contributed by atoms with Crippen LogP contribution < -0.4 is 0 Å². The average molecular weight is 235 g/mol. The topological polar surface area (TPSA) is 46.6 Å². The van der Waals surface area contributed by atoms with Gasteiger partial charge in [0.25, 0.3) is 0 Å². The van der Waals surface area contributed by atoms with Crippen LogP contribution in [0.25, 0.3) is 0 Å². The molecule has 0 saturated carbocycles. The van der Waals surface area contributed by atoms with Crippen LogP contribution in [0.15, 0.2) is 24.3 Å². The van der Waals surface area contributed by atoms with E-state index in [1.807, 2.05) is 25.1 Å². The van der Waals surface area contributed by atoms with Crippen LogP contribution in [0.1, 0.15) is 11.1 Å². The third kappa shape index (κ3) is 3.90. The van der Waals surface area contributed by atoms with E-state index in [9.17, 15) is 9.59 Å². The van der Waals surface area contributed by atoms with Gasteiger partial charge in [0.1, 0.15) is 0 Å². The maximum Gasteiger partial charge on any atom is 0.396 e. The fraction of sp³-hybridized carbons (Fsp3) is 0.385. The van der Waals surface area contributed by atoms with Gasteiger partial charge in [-0.1, -0.05) is 29.8 Å². The van der Waals surface area contributed by atoms with Gasteiger partial charge in [-0.3, -0.25) is 4.79 Å². The van der Waals surface area contributed by atoms with Crippen LogP contribution in [-0.4, -0.2) is 37.5 Å². The Bertz CT molecular complexity index is 415. The number of hydrogen-bond donors (Lipinski definition) is 0. The molecule has 0 spiro atoms. The Balaban J connectivity index is 2.51. The van der Waals surface area contributed by atoms with Crippen molar-refractivity contribution >= 4 is 11.9 Å². The highest BCUT2D eigenvalue weighted by Gasteiger charge is 2.18. The van der Waals surface area contributed by atoms with Crippen molar-refractivity contribution in [1.82, 2.24) is 4.90 Å². The summed E-state index contributed by atoms with van der Waals surface area (Å²) < 4.78 is 4.37. The first-order valence-electron chi connectivity index (χ1n) is 5.43. The molecule has 0 aliphatic heterocycles. The molecule has 0 aromatic heterocycles. The summed E-state index contributed by atoms with van der Waals surface area (Å²) >= 11 is 0. The van der Waals surface area contributed by atoms with Crippen molar-refractivity contribution in [2.75, 3.05) is 20.7 Å². The lowest BCUT2D eigenvalue weighted by Gasteiger charge is -2.15. The van der Waals surface area contributed by atoms with E-state index in [1.54, 1.807) is 7.05 Å². The van der Waals surface area contributed by atoms with E-state index >= 15 is 0 Å². The van der Waals surface area contributed by atoms with E-state index in [2.05, 4.69) is 10.8 Å². The molecular formula is C13H17NO3. The van der Waals surface area contributed by atoms with Crippen molar-refractivity contribution in [2.45, 2.75) is 13.3 Å². The fourth-order valence-corrected chi connectivity index (χ4v) is 1.51. The number of rotatable bonds is 3. The lowest BCUT2D eigenvalue weighted by Crippen LogP contribution is -2.35. The summed E-state index contributed by atoms with van der Waals surface area (Å²) in [6.07, 6.45) is 0.723. The molecule has 1 aromatic carbocycles. The normalized spacial score (nSPS) is 9.82. The van der Waals surface area contributed by atoms with Gasteiger partial charge < -0.3 is 9.64 Å². The standard InChI is InChI=1S/C13H17NO3/c1-10-5-4-6-11(9-10)7-8-14(2)12(15)13(16)17-3/h4-6,9H,7-8H2,1-3H3. The van der Waals surface area contributed by atoms with Crippen LogP contribution in [0.3, 0.4) is 0 Å². The maximum atomic E-state index is 11.4. The van der Waals surface area contributed by atoms with E-state index in [0.29, 0.717) is 6.54 Å². The highest BCUT2D eigenvalue weighted by atomic mass is 16.5. The quantitative estimate of drug-likeness (QED) is 0.583. The lowest BCUT2D eigenvalue weighted by molar-refractivity contribution is -0.157. The number of esters is 1. The predicted octanol–water partition coefficient (Wildman–Crippen LogP) is 1.17. The minimum absolute atomic E-state index is 0.497. The molecule has 0 atom stereocenters. The Morgan fingerprint density at radius 3 is 2.65 bits per heavy atom. The molecule has 0 heterocycles. The molecule has 1 rings (SSSR count). The number of benzene rings is 1. The van der Waals surface area contributed by atoms with Crippen molar-refractivity contribution in [3.05, 3.63) is 35.4 Å². The molecule has 0 radical (unpaired) electrons. The third-order valence-electron chi connectivity index (χ3n) is 2.53. The number of nitrogens with zero attached hydrogens (tertiary/aromatic N) is 1. The molecule has 1 amide bonds. The van der Waals surface area contributed by atoms with E-state index < -0.39 is 11.9 Å². The monoisotopic (exact) mass is 235 g/mol. The maximum absolute atomic E-state index is 11.4. The number of hydrogen-bond acceptors (Lipinski definition) is 3. The van der Waals surface area contributed by atoms with E-state index in [-0.39, 0.29) is 0 Å². The number of likely N-dealkylation sites (N-methyl/N-ethyl adjacent to an activating group) is 1. The molecule has 92 valence electrons. The molecule has 4 nitrogen and oxygen atoms in total. The van der Waals surface area contributed by atoms with Crippen LogP contribution in [-0.2, 0) is 20.7 Å². The van der Waals surface area contributed by atoms with Gasteiger partial charge in [-0.25, -0.2) is 4.79 Å². The molecule has 0 bridgehead atoms. The SMILES string of the molecule is COC(=O)C(=O)N(C)CCc1cccc(C)c1. The second kappa shape index (κ2) is 6.03. The summed E-state index contributed by atoms with van der Waals surface area (Å²) in [6, 6.07) is 8.07. The van der Waals surface area contributed by atoms with Gasteiger partial charge in [0.15, 0.2) is 0 Å².